The van der Waals surface area contributed by atoms with E-state index in [1.807, 2.05) is 181 Å². The first-order valence-corrected chi connectivity index (χ1v) is 42.0. The second-order valence-electron chi connectivity index (χ2n) is 31.7. The monoisotopic (exact) mass is 1750 g/mol. The first-order valence-electron chi connectivity index (χ1n) is 40.9. The van der Waals surface area contributed by atoms with Crippen LogP contribution in [0.4, 0.5) is 24.5 Å². The topological polar surface area (TPSA) is 303 Å². The maximum atomic E-state index is 13.3. The van der Waals surface area contributed by atoms with Crippen LogP contribution >= 0.6 is 22.6 Å². The van der Waals surface area contributed by atoms with Crippen LogP contribution in [-0.4, -0.2) is 106 Å². The minimum atomic E-state index is -0.630. The number of carbonyl (C=O) groups is 8. The van der Waals surface area contributed by atoms with E-state index in [0.29, 0.717) is 12.8 Å². The second kappa shape index (κ2) is 36.8. The van der Waals surface area contributed by atoms with Gasteiger partial charge in [-0.25, -0.2) is 27.2 Å². The molecular weight excluding hydrogens is 1670 g/mol. The Kier molecular flexibility index (Phi) is 24.9. The van der Waals surface area contributed by atoms with E-state index in [9.17, 15) is 51.5 Å². The Bertz CT molecular complexity index is 5760. The Morgan fingerprint density at radius 2 is 0.697 bits per heavy atom. The maximum absolute atomic E-state index is 13.3. The lowest BCUT2D eigenvalue weighted by Crippen LogP contribution is -2.40. The Morgan fingerprint density at radius 3 is 1.04 bits per heavy atom. The van der Waals surface area contributed by atoms with Gasteiger partial charge in [0.15, 0.2) is 0 Å². The number of carbonyl (C=O) groups excluding carboxylic acids is 7. The van der Waals surface area contributed by atoms with E-state index in [0.717, 1.165) is 135 Å². The molecule has 0 spiro atoms. The number of anilines is 2. The zero-order valence-corrected chi connectivity index (χ0v) is 68.4. The summed E-state index contributed by atoms with van der Waals surface area (Å²) in [7, 11) is 0. The third kappa shape index (κ3) is 19.6. The first-order chi connectivity index (χ1) is 59.2. The highest BCUT2D eigenvalue weighted by molar-refractivity contribution is 14.1. The SMILES string of the molecule is Fc1ccc(-n2ncc3cc(I)ccc32)cc1.N[C@H]1CC(=O)NC1c1ccccc1.O=C(N[C@@H]1CC(=O)N(c2ccc3c(cnn3-c3ccc(F)cc3)c2)[C@H]1c1ccccc1)C1CC1.O=C(N[C@H]1CC(=O)N(c2ccc3c(cnn3-c3ccc(F)cc3)c2)[C@@H]1c1ccccc1)C1CC1.O=C(O)C1CC1.O=C1C[C@H](NC(=O)C2CC2)[C@@H](c2ccccc2)N1. The number of aliphatic carboxylic acids is 1. The smallest absolute Gasteiger partial charge is 0.306 e. The van der Waals surface area contributed by atoms with Crippen molar-refractivity contribution in [2.24, 2.45) is 29.4 Å². The number of benzene rings is 10. The van der Waals surface area contributed by atoms with E-state index in [1.54, 1.807) is 68.0 Å². The van der Waals surface area contributed by atoms with Gasteiger partial charge in [0.1, 0.15) is 17.5 Å². The van der Waals surface area contributed by atoms with Gasteiger partial charge in [-0.05, 0) is 224 Å². The number of rotatable bonds is 16. The van der Waals surface area contributed by atoms with E-state index in [-0.39, 0.29) is 144 Å². The lowest BCUT2D eigenvalue weighted by atomic mass is 9.99. The van der Waals surface area contributed by atoms with Crippen LogP contribution in [-0.2, 0) is 38.4 Å². The van der Waals surface area contributed by atoms with Gasteiger partial charge in [0.25, 0.3) is 0 Å². The highest BCUT2D eigenvalue weighted by Gasteiger charge is 2.46. The zero-order valence-electron chi connectivity index (χ0n) is 66.2. The van der Waals surface area contributed by atoms with Crippen LogP contribution in [0.15, 0.2) is 267 Å². The van der Waals surface area contributed by atoms with Gasteiger partial charge < -0.3 is 47.2 Å². The summed E-state index contributed by atoms with van der Waals surface area (Å²) in [6, 6.07) is 74.1. The Morgan fingerprint density at radius 1 is 0.377 bits per heavy atom. The number of fused-ring (bicyclic) bond motifs is 3. The minimum Gasteiger partial charge on any atom is -0.481 e. The number of nitrogens with zero attached hydrogens (tertiary/aromatic N) is 8. The summed E-state index contributed by atoms with van der Waals surface area (Å²) in [5.41, 5.74) is 16.5. The molecule has 8 N–H and O–H groups in total. The molecule has 1 unspecified atom stereocenters. The molecule has 122 heavy (non-hydrogen) atoms. The fourth-order valence-corrected chi connectivity index (χ4v) is 16.3. The van der Waals surface area contributed by atoms with Crippen molar-refractivity contribution in [3.8, 4) is 17.1 Å². The summed E-state index contributed by atoms with van der Waals surface area (Å²) in [5, 5.41) is 39.2. The molecule has 7 amide bonds. The predicted molar refractivity (Wildman–Crippen MR) is 465 cm³/mol. The van der Waals surface area contributed by atoms with E-state index in [4.69, 9.17) is 10.8 Å². The van der Waals surface area contributed by atoms with Crippen LogP contribution in [0.25, 0.3) is 49.8 Å². The van der Waals surface area contributed by atoms with Crippen molar-refractivity contribution in [3.63, 3.8) is 0 Å². The number of hydrogen-bond donors (Lipinski definition) is 7. The van der Waals surface area contributed by atoms with Gasteiger partial charge in [-0.15, -0.1) is 0 Å². The van der Waals surface area contributed by atoms with E-state index in [2.05, 4.69) is 70.5 Å². The molecule has 10 aromatic carbocycles. The Hall–Kier alpha value is -13.2. The molecular formula is C95H88F3IN14O9. The van der Waals surface area contributed by atoms with Gasteiger partial charge in [-0.1, -0.05) is 121 Å². The molecule has 7 heterocycles. The summed E-state index contributed by atoms with van der Waals surface area (Å²) in [5.74, 6) is -0.951. The number of nitrogens with two attached hydrogens (primary N) is 1. The number of aromatic nitrogens is 6. The molecule has 4 saturated carbocycles. The number of carboxylic acid groups (broad SMARTS) is 1. The van der Waals surface area contributed by atoms with Crippen molar-refractivity contribution in [1.82, 2.24) is 55.9 Å². The van der Waals surface area contributed by atoms with Gasteiger partial charge in [-0.3, -0.25) is 38.4 Å². The molecule has 4 saturated heterocycles. The number of halogens is 4. The van der Waals surface area contributed by atoms with Crippen LogP contribution < -0.4 is 42.1 Å². The molecule has 8 fully saturated rings. The van der Waals surface area contributed by atoms with E-state index >= 15 is 0 Å². The van der Waals surface area contributed by atoms with Gasteiger partial charge in [0, 0.05) is 80.6 Å². The molecule has 21 rings (SSSR count). The van der Waals surface area contributed by atoms with Crippen LogP contribution in [0, 0.1) is 44.7 Å². The average Bonchev–Trinajstić information content (AvgIpc) is 1.58. The molecule has 27 heteroatoms. The number of carboxylic acids is 1. The van der Waals surface area contributed by atoms with Gasteiger partial charge in [0.2, 0.25) is 41.4 Å². The lowest BCUT2D eigenvalue weighted by Gasteiger charge is -2.29. The summed E-state index contributed by atoms with van der Waals surface area (Å²) in [6.45, 7) is 0. The van der Waals surface area contributed by atoms with E-state index < -0.39 is 5.97 Å². The molecule has 8 aliphatic rings. The number of amides is 7. The molecule has 0 bridgehead atoms. The van der Waals surface area contributed by atoms with Crippen LogP contribution in [0.2, 0.25) is 0 Å². The summed E-state index contributed by atoms with van der Waals surface area (Å²) in [6.07, 6.45) is 14.0. The Labute approximate surface area is 714 Å². The average molecular weight is 1750 g/mol. The standard InChI is InChI=1S/2C27H23FN4O2.C14H16N2O2.C13H8FIN2.C10H12N2O.C4H6O2/c2*28-20-8-10-21(11-9-20)32-24-13-12-22(14-19(24)16-29-32)31-25(33)15-23(30-27(34)18-6-7-18)26(31)17-4-2-1-3-5-17;17-12-8-11(15-14(18)10-6-7-10)13(16-12)9-4-2-1-3-5-9;14-10-1-4-12(5-2-10)17-13-6-3-11(15)7-9(13)8-16-17;11-8-6-9(13)12-10(8)7-4-2-1-3-5-7;5-4(6)3-1-2-3/h2*1-5,8-14,16,18,23,26H,6-7,15H2,(H,30,34);1-5,10-11,13H,6-8H2,(H,15,18)(H,16,17);1-8H;1-5,8,10H,6,11H2,(H,12,13);3H,1-2H2,(H,5,6)/t2*23-,26+;11-,13+;;8-,10?;/m100.0./s1. The summed E-state index contributed by atoms with van der Waals surface area (Å²) < 4.78 is 46.0. The highest BCUT2D eigenvalue weighted by atomic mass is 127. The second-order valence-corrected chi connectivity index (χ2v) is 32.9. The molecule has 13 aromatic rings. The van der Waals surface area contributed by atoms with Crippen molar-refractivity contribution in [3.05, 3.63) is 311 Å². The lowest BCUT2D eigenvalue weighted by molar-refractivity contribution is -0.138. The highest BCUT2D eigenvalue weighted by Crippen LogP contribution is 2.43. The molecule has 620 valence electrons. The van der Waals surface area contributed by atoms with Crippen LogP contribution in [0.5, 0.6) is 0 Å². The fourth-order valence-electron chi connectivity index (χ4n) is 15.8. The van der Waals surface area contributed by atoms with E-state index in [1.165, 1.54) is 40.0 Å². The van der Waals surface area contributed by atoms with Crippen molar-refractivity contribution < 1.29 is 56.6 Å². The number of hydrogen-bond acceptors (Lipinski definition) is 12. The minimum absolute atomic E-state index is 0.00458. The van der Waals surface area contributed by atoms with Crippen molar-refractivity contribution in [1.29, 1.82) is 0 Å². The molecule has 8 atom stereocenters. The predicted octanol–water partition coefficient (Wildman–Crippen LogP) is 15.0. The first kappa shape index (κ1) is 82.5. The molecule has 4 aliphatic heterocycles. The quantitative estimate of drug-likeness (QED) is 0.0443. The van der Waals surface area contributed by atoms with Crippen LogP contribution in [0.3, 0.4) is 0 Å². The van der Waals surface area contributed by atoms with Crippen LogP contribution in [0.1, 0.15) is 123 Å². The number of nitrogens with one attached hydrogen (secondary N) is 5. The largest absolute Gasteiger partial charge is 0.481 e. The molecule has 4 aliphatic carbocycles. The Balaban J connectivity index is 0.000000116. The van der Waals surface area contributed by atoms with Gasteiger partial charge in [0.05, 0.1) is 100 Å². The van der Waals surface area contributed by atoms with Crippen molar-refractivity contribution in [2.75, 3.05) is 9.80 Å². The zero-order chi connectivity index (χ0) is 84.7. The van der Waals surface area contributed by atoms with Gasteiger partial charge in [-0.2, -0.15) is 15.3 Å². The fraction of sp³-hybridized carbons (Fsp3) is 0.253. The third-order valence-corrected chi connectivity index (χ3v) is 23.4. The summed E-state index contributed by atoms with van der Waals surface area (Å²) >= 11 is 2.27. The van der Waals surface area contributed by atoms with Crippen molar-refractivity contribution >= 4 is 114 Å². The van der Waals surface area contributed by atoms with Crippen molar-refractivity contribution in [2.45, 2.75) is 125 Å². The normalized spacial score (nSPS) is 20.6. The molecule has 3 aromatic heterocycles. The molecule has 0 radical (unpaired) electrons. The van der Waals surface area contributed by atoms with Gasteiger partial charge >= 0.3 is 5.97 Å². The third-order valence-electron chi connectivity index (χ3n) is 22.7. The molecule has 23 nitrogen and oxygen atoms in total. The maximum Gasteiger partial charge on any atom is 0.306 e. The summed E-state index contributed by atoms with van der Waals surface area (Å²) in [4.78, 5) is 99.3.